The van der Waals surface area contributed by atoms with E-state index in [1.54, 1.807) is 0 Å². The number of carbonyl (C=O) groups is 1. The molecule has 4 heteroatoms. The van der Waals surface area contributed by atoms with E-state index in [1.807, 2.05) is 33.8 Å². The summed E-state index contributed by atoms with van der Waals surface area (Å²) >= 11 is 0. The molecule has 0 aromatic carbocycles. The molecule has 0 aromatic heterocycles. The fourth-order valence-corrected chi connectivity index (χ4v) is 3.44. The van der Waals surface area contributed by atoms with Crippen LogP contribution >= 0.6 is 0 Å². The zero-order valence-electron chi connectivity index (χ0n) is 15.4. The minimum absolute atomic E-state index is 0.0627. The SMILES string of the molecule is CCCCCC[C@]1(C)OC(C)(C)O[C@@H]1C1=CC(=C(C)C)NC1=O. The summed E-state index contributed by atoms with van der Waals surface area (Å²) in [7, 11) is 0. The van der Waals surface area contributed by atoms with E-state index in [-0.39, 0.29) is 12.0 Å². The molecule has 2 heterocycles. The van der Waals surface area contributed by atoms with E-state index in [0.717, 1.165) is 24.1 Å². The average Bonchev–Trinajstić information content (AvgIpc) is 2.93. The average molecular weight is 321 g/mol. The minimum Gasteiger partial charge on any atom is -0.341 e. The van der Waals surface area contributed by atoms with Gasteiger partial charge in [-0.1, -0.05) is 38.2 Å². The van der Waals surface area contributed by atoms with Crippen molar-refractivity contribution in [2.24, 2.45) is 0 Å². The maximum absolute atomic E-state index is 12.4. The molecule has 0 aromatic rings. The van der Waals surface area contributed by atoms with Gasteiger partial charge in [0.25, 0.3) is 5.91 Å². The fourth-order valence-electron chi connectivity index (χ4n) is 3.44. The predicted octanol–water partition coefficient (Wildman–Crippen LogP) is 4.22. The molecule has 2 aliphatic heterocycles. The first-order valence-corrected chi connectivity index (χ1v) is 8.77. The van der Waals surface area contributed by atoms with Gasteiger partial charge >= 0.3 is 0 Å². The van der Waals surface area contributed by atoms with Crippen molar-refractivity contribution in [2.75, 3.05) is 0 Å². The summed E-state index contributed by atoms with van der Waals surface area (Å²) in [6, 6.07) is 0. The van der Waals surface area contributed by atoms with Crippen molar-refractivity contribution < 1.29 is 14.3 Å². The maximum Gasteiger partial charge on any atom is 0.254 e. The molecule has 0 bridgehead atoms. The van der Waals surface area contributed by atoms with Gasteiger partial charge in [-0.2, -0.15) is 0 Å². The van der Waals surface area contributed by atoms with Gasteiger partial charge in [0.15, 0.2) is 5.79 Å². The smallest absolute Gasteiger partial charge is 0.254 e. The van der Waals surface area contributed by atoms with Crippen LogP contribution in [0.4, 0.5) is 0 Å². The lowest BCUT2D eigenvalue weighted by Gasteiger charge is -2.29. The predicted molar refractivity (Wildman–Crippen MR) is 91.8 cm³/mol. The number of carbonyl (C=O) groups excluding carboxylic acids is 1. The molecule has 23 heavy (non-hydrogen) atoms. The molecule has 2 aliphatic rings. The highest BCUT2D eigenvalue weighted by Gasteiger charge is 2.53. The van der Waals surface area contributed by atoms with Crippen LogP contribution in [0.1, 0.15) is 73.6 Å². The van der Waals surface area contributed by atoms with Gasteiger partial charge < -0.3 is 14.8 Å². The van der Waals surface area contributed by atoms with Crippen LogP contribution in [0.25, 0.3) is 0 Å². The Kier molecular flexibility index (Phi) is 5.37. The number of allylic oxidation sites excluding steroid dienone is 2. The summed E-state index contributed by atoms with van der Waals surface area (Å²) in [5, 5.41) is 2.93. The van der Waals surface area contributed by atoms with Crippen molar-refractivity contribution in [3.05, 3.63) is 22.9 Å². The van der Waals surface area contributed by atoms with Crippen molar-refractivity contribution in [1.29, 1.82) is 0 Å². The zero-order chi connectivity index (χ0) is 17.3. The number of nitrogens with one attached hydrogen (secondary N) is 1. The molecule has 0 aliphatic carbocycles. The third-order valence-electron chi connectivity index (χ3n) is 4.59. The Balaban J connectivity index is 2.22. The lowest BCUT2D eigenvalue weighted by molar-refractivity contribution is -0.160. The van der Waals surface area contributed by atoms with E-state index in [1.165, 1.54) is 19.3 Å². The van der Waals surface area contributed by atoms with Crippen molar-refractivity contribution >= 4 is 5.91 Å². The summed E-state index contributed by atoms with van der Waals surface area (Å²) in [6.45, 7) is 12.1. The molecule has 2 rings (SSSR count). The maximum atomic E-state index is 12.4. The van der Waals surface area contributed by atoms with E-state index in [4.69, 9.17) is 9.47 Å². The van der Waals surface area contributed by atoms with E-state index in [2.05, 4.69) is 19.2 Å². The van der Waals surface area contributed by atoms with Crippen LogP contribution in [-0.2, 0) is 14.3 Å². The lowest BCUT2D eigenvalue weighted by Crippen LogP contribution is -2.40. The minimum atomic E-state index is -0.668. The number of amides is 1. The Morgan fingerprint density at radius 3 is 2.48 bits per heavy atom. The quantitative estimate of drug-likeness (QED) is 0.745. The van der Waals surface area contributed by atoms with Gasteiger partial charge in [-0.05, 0) is 47.1 Å². The van der Waals surface area contributed by atoms with Crippen molar-refractivity contribution in [3.8, 4) is 0 Å². The normalized spacial score (nSPS) is 29.7. The summed E-state index contributed by atoms with van der Waals surface area (Å²) in [5.74, 6) is -0.730. The van der Waals surface area contributed by atoms with E-state index in [0.29, 0.717) is 5.57 Å². The van der Waals surface area contributed by atoms with Crippen LogP contribution in [0.15, 0.2) is 22.9 Å². The van der Waals surface area contributed by atoms with Crippen molar-refractivity contribution in [1.82, 2.24) is 5.32 Å². The number of rotatable bonds is 6. The van der Waals surface area contributed by atoms with Gasteiger partial charge in [0.05, 0.1) is 11.2 Å². The van der Waals surface area contributed by atoms with Crippen LogP contribution in [0.3, 0.4) is 0 Å². The Labute approximate surface area is 140 Å². The largest absolute Gasteiger partial charge is 0.341 e. The highest BCUT2D eigenvalue weighted by Crippen LogP contribution is 2.43. The third kappa shape index (κ3) is 4.04. The molecule has 1 fully saturated rings. The van der Waals surface area contributed by atoms with Gasteiger partial charge in [-0.15, -0.1) is 0 Å². The Hall–Kier alpha value is -1.13. The molecular weight excluding hydrogens is 290 g/mol. The van der Waals surface area contributed by atoms with Crippen LogP contribution in [0.2, 0.25) is 0 Å². The Morgan fingerprint density at radius 1 is 1.22 bits per heavy atom. The second-order valence-electron chi connectivity index (χ2n) is 7.59. The van der Waals surface area contributed by atoms with E-state index in [9.17, 15) is 4.79 Å². The molecule has 1 N–H and O–H groups in total. The number of ether oxygens (including phenoxy) is 2. The standard InChI is InChI=1S/C19H31NO3/c1-7-8-9-10-11-19(6)16(22-18(4,5)23-19)14-12-15(13(2)3)20-17(14)21/h12,16H,7-11H2,1-6H3,(H,20,21)/t16-,19+/m1/s1. The van der Waals surface area contributed by atoms with Gasteiger partial charge in [-0.25, -0.2) is 0 Å². The summed E-state index contributed by atoms with van der Waals surface area (Å²) in [5.41, 5.74) is 2.20. The molecule has 0 saturated carbocycles. The van der Waals surface area contributed by atoms with Crippen molar-refractivity contribution in [2.45, 2.75) is 91.1 Å². The molecular formula is C19H31NO3. The second-order valence-corrected chi connectivity index (χ2v) is 7.59. The highest BCUT2D eigenvalue weighted by molar-refractivity contribution is 6.00. The third-order valence-corrected chi connectivity index (χ3v) is 4.59. The lowest BCUT2D eigenvalue weighted by atomic mass is 9.87. The molecule has 1 amide bonds. The molecule has 4 nitrogen and oxygen atoms in total. The van der Waals surface area contributed by atoms with E-state index < -0.39 is 11.4 Å². The zero-order valence-corrected chi connectivity index (χ0v) is 15.4. The monoisotopic (exact) mass is 321 g/mol. The summed E-state index contributed by atoms with van der Waals surface area (Å²) in [6.07, 6.45) is 7.22. The molecule has 2 atom stereocenters. The molecule has 0 unspecified atom stereocenters. The summed E-state index contributed by atoms with van der Waals surface area (Å²) < 4.78 is 12.4. The number of unbranched alkanes of at least 4 members (excludes halogenated alkanes) is 3. The van der Waals surface area contributed by atoms with Crippen LogP contribution in [0.5, 0.6) is 0 Å². The van der Waals surface area contributed by atoms with Crippen LogP contribution < -0.4 is 5.32 Å². The Bertz CT molecular complexity index is 529. The topological polar surface area (TPSA) is 47.6 Å². The van der Waals surface area contributed by atoms with Gasteiger partial charge in [0.1, 0.15) is 6.10 Å². The molecule has 130 valence electrons. The van der Waals surface area contributed by atoms with Gasteiger partial charge in [0.2, 0.25) is 0 Å². The molecule has 0 spiro atoms. The van der Waals surface area contributed by atoms with Gasteiger partial charge in [-0.3, -0.25) is 4.79 Å². The number of hydrogen-bond donors (Lipinski definition) is 1. The first-order chi connectivity index (χ1) is 10.7. The first-order valence-electron chi connectivity index (χ1n) is 8.77. The second kappa shape index (κ2) is 6.78. The van der Waals surface area contributed by atoms with E-state index >= 15 is 0 Å². The first kappa shape index (κ1) is 18.2. The van der Waals surface area contributed by atoms with Gasteiger partial charge in [0, 0.05) is 5.70 Å². The summed E-state index contributed by atoms with van der Waals surface area (Å²) in [4.78, 5) is 12.4. The van der Waals surface area contributed by atoms with Crippen molar-refractivity contribution in [3.63, 3.8) is 0 Å². The number of hydrogen-bond acceptors (Lipinski definition) is 3. The fraction of sp³-hybridized carbons (Fsp3) is 0.737. The molecule has 0 radical (unpaired) electrons. The Morgan fingerprint density at radius 2 is 1.91 bits per heavy atom. The van der Waals surface area contributed by atoms with Crippen LogP contribution in [-0.4, -0.2) is 23.4 Å². The molecule has 1 saturated heterocycles. The van der Waals surface area contributed by atoms with Crippen LogP contribution in [0, 0.1) is 0 Å². The highest BCUT2D eigenvalue weighted by atomic mass is 16.8.